The summed E-state index contributed by atoms with van der Waals surface area (Å²) in [5.41, 5.74) is 0.805. The van der Waals surface area contributed by atoms with Gasteiger partial charge in [0, 0.05) is 24.9 Å². The Balaban J connectivity index is 1.82. The van der Waals surface area contributed by atoms with Crippen LogP contribution in [0.25, 0.3) is 0 Å². The van der Waals surface area contributed by atoms with Gasteiger partial charge >= 0.3 is 5.97 Å². The van der Waals surface area contributed by atoms with Crippen molar-refractivity contribution in [2.24, 2.45) is 0 Å². The molecule has 0 radical (unpaired) electrons. The summed E-state index contributed by atoms with van der Waals surface area (Å²) >= 11 is 0. The van der Waals surface area contributed by atoms with E-state index < -0.39 is 21.9 Å². The summed E-state index contributed by atoms with van der Waals surface area (Å²) in [5.74, 6) is -0.897. The molecular formula is C21H23NO5S. The molecule has 1 amide bonds. The Morgan fingerprint density at radius 3 is 2.11 bits per heavy atom. The first-order chi connectivity index (χ1) is 13.4. The zero-order valence-electron chi connectivity index (χ0n) is 15.7. The Kier molecular flexibility index (Phi) is 6.14. The van der Waals surface area contributed by atoms with Gasteiger partial charge in [-0.1, -0.05) is 30.3 Å². The molecule has 1 saturated heterocycles. The minimum Gasteiger partial charge on any atom is -0.444 e. The Bertz CT molecular complexity index is 933. The highest BCUT2D eigenvalue weighted by Gasteiger charge is 2.30. The molecular weight excluding hydrogens is 378 g/mol. The zero-order valence-corrected chi connectivity index (χ0v) is 16.5. The van der Waals surface area contributed by atoms with Crippen LogP contribution in [0.15, 0.2) is 59.5 Å². The summed E-state index contributed by atoms with van der Waals surface area (Å²) in [6, 6.07) is 14.4. The number of rotatable bonds is 5. The standard InChI is InChI=1S/C21H23NO5S/c1-28(25,26)18-12-10-17(11-13-18)21(24)27-19(16-8-4-2-5-9-16)20(23)22-14-6-3-7-15-22/h2,4-5,8-13,19H,3,6-7,14-15H2,1H3. The van der Waals surface area contributed by atoms with E-state index in [1.54, 1.807) is 29.2 Å². The van der Waals surface area contributed by atoms with E-state index in [1.807, 2.05) is 6.07 Å². The van der Waals surface area contributed by atoms with Crippen LogP contribution < -0.4 is 0 Å². The first-order valence-electron chi connectivity index (χ1n) is 9.21. The fourth-order valence-electron chi connectivity index (χ4n) is 3.18. The summed E-state index contributed by atoms with van der Waals surface area (Å²) in [7, 11) is -3.35. The van der Waals surface area contributed by atoms with Crippen molar-refractivity contribution in [3.8, 4) is 0 Å². The molecule has 1 fully saturated rings. The number of nitrogens with zero attached hydrogens (tertiary/aromatic N) is 1. The van der Waals surface area contributed by atoms with Crippen LogP contribution in [-0.2, 0) is 19.4 Å². The van der Waals surface area contributed by atoms with Crippen LogP contribution in [0.1, 0.15) is 41.3 Å². The molecule has 1 aliphatic heterocycles. The third-order valence-electron chi connectivity index (χ3n) is 4.74. The van der Waals surface area contributed by atoms with E-state index in [2.05, 4.69) is 0 Å². The van der Waals surface area contributed by atoms with Gasteiger partial charge in [-0.3, -0.25) is 4.79 Å². The van der Waals surface area contributed by atoms with Gasteiger partial charge in [-0.15, -0.1) is 0 Å². The van der Waals surface area contributed by atoms with Crippen molar-refractivity contribution >= 4 is 21.7 Å². The van der Waals surface area contributed by atoms with E-state index in [4.69, 9.17) is 4.74 Å². The smallest absolute Gasteiger partial charge is 0.339 e. The number of piperidine rings is 1. The van der Waals surface area contributed by atoms with Crippen LogP contribution in [0.5, 0.6) is 0 Å². The number of ether oxygens (including phenoxy) is 1. The van der Waals surface area contributed by atoms with Gasteiger partial charge < -0.3 is 9.64 Å². The molecule has 28 heavy (non-hydrogen) atoms. The minimum atomic E-state index is -3.35. The number of esters is 1. The summed E-state index contributed by atoms with van der Waals surface area (Å²) in [4.78, 5) is 27.5. The van der Waals surface area contributed by atoms with Gasteiger partial charge in [-0.2, -0.15) is 0 Å². The van der Waals surface area contributed by atoms with Crippen molar-refractivity contribution in [1.82, 2.24) is 4.90 Å². The van der Waals surface area contributed by atoms with Crippen molar-refractivity contribution in [3.63, 3.8) is 0 Å². The largest absolute Gasteiger partial charge is 0.444 e. The Morgan fingerprint density at radius 1 is 0.929 bits per heavy atom. The quantitative estimate of drug-likeness (QED) is 0.720. The molecule has 1 atom stereocenters. The second kappa shape index (κ2) is 8.56. The number of amides is 1. The molecule has 6 nitrogen and oxygen atoms in total. The van der Waals surface area contributed by atoms with Gasteiger partial charge in [-0.05, 0) is 43.5 Å². The van der Waals surface area contributed by atoms with Gasteiger partial charge in [-0.25, -0.2) is 13.2 Å². The van der Waals surface area contributed by atoms with Gasteiger partial charge in [0.15, 0.2) is 9.84 Å². The molecule has 0 bridgehead atoms. The maximum atomic E-state index is 13.0. The van der Waals surface area contributed by atoms with E-state index in [0.717, 1.165) is 25.5 Å². The predicted octanol–water partition coefficient (Wildman–Crippen LogP) is 3.00. The second-order valence-corrected chi connectivity index (χ2v) is 8.89. The Hall–Kier alpha value is -2.67. The van der Waals surface area contributed by atoms with E-state index in [-0.39, 0.29) is 16.4 Å². The number of benzene rings is 2. The van der Waals surface area contributed by atoms with Crippen molar-refractivity contribution in [2.45, 2.75) is 30.3 Å². The number of sulfone groups is 1. The molecule has 3 rings (SSSR count). The Morgan fingerprint density at radius 2 is 1.54 bits per heavy atom. The summed E-state index contributed by atoms with van der Waals surface area (Å²) in [6.07, 6.45) is 3.04. The summed E-state index contributed by atoms with van der Waals surface area (Å²) < 4.78 is 28.7. The summed E-state index contributed by atoms with van der Waals surface area (Å²) in [5, 5.41) is 0. The van der Waals surface area contributed by atoms with E-state index in [9.17, 15) is 18.0 Å². The zero-order chi connectivity index (χ0) is 20.1. The van der Waals surface area contributed by atoms with Crippen LogP contribution in [0.4, 0.5) is 0 Å². The number of carbonyl (C=O) groups excluding carboxylic acids is 2. The maximum absolute atomic E-state index is 13.0. The van der Waals surface area contributed by atoms with Crippen LogP contribution in [0.3, 0.4) is 0 Å². The number of hydrogen-bond donors (Lipinski definition) is 0. The number of likely N-dealkylation sites (tertiary alicyclic amines) is 1. The molecule has 2 aromatic carbocycles. The predicted molar refractivity (Wildman–Crippen MR) is 105 cm³/mol. The van der Waals surface area contributed by atoms with E-state index in [1.165, 1.54) is 24.3 Å². The van der Waals surface area contributed by atoms with E-state index in [0.29, 0.717) is 18.7 Å². The van der Waals surface area contributed by atoms with Crippen LogP contribution in [-0.4, -0.2) is 44.5 Å². The molecule has 1 aliphatic rings. The highest BCUT2D eigenvalue weighted by Crippen LogP contribution is 2.24. The summed E-state index contributed by atoms with van der Waals surface area (Å²) in [6.45, 7) is 1.31. The molecule has 1 heterocycles. The SMILES string of the molecule is CS(=O)(=O)c1ccc(C(=O)OC(C(=O)N2CCCCC2)c2ccccc2)cc1. The van der Waals surface area contributed by atoms with Gasteiger partial charge in [0.1, 0.15) is 0 Å². The van der Waals surface area contributed by atoms with Crippen molar-refractivity contribution in [2.75, 3.05) is 19.3 Å². The normalized spacial score (nSPS) is 15.7. The van der Waals surface area contributed by atoms with Gasteiger partial charge in [0.05, 0.1) is 10.5 Å². The first kappa shape index (κ1) is 20.1. The van der Waals surface area contributed by atoms with Gasteiger partial charge in [0.25, 0.3) is 5.91 Å². The molecule has 0 N–H and O–H groups in total. The minimum absolute atomic E-state index is 0.119. The Labute approximate surface area is 165 Å². The van der Waals surface area contributed by atoms with Crippen LogP contribution in [0, 0.1) is 0 Å². The molecule has 148 valence electrons. The molecule has 1 unspecified atom stereocenters. The molecule has 7 heteroatoms. The van der Waals surface area contributed by atoms with Crippen molar-refractivity contribution in [3.05, 3.63) is 65.7 Å². The first-order valence-corrected chi connectivity index (χ1v) is 11.1. The lowest BCUT2D eigenvalue weighted by molar-refractivity contribution is -0.142. The maximum Gasteiger partial charge on any atom is 0.339 e. The molecule has 2 aromatic rings. The average molecular weight is 401 g/mol. The average Bonchev–Trinajstić information content (AvgIpc) is 2.72. The lowest BCUT2D eigenvalue weighted by Crippen LogP contribution is -2.40. The topological polar surface area (TPSA) is 80.7 Å². The lowest BCUT2D eigenvalue weighted by Gasteiger charge is -2.30. The molecule has 0 saturated carbocycles. The lowest BCUT2D eigenvalue weighted by atomic mass is 10.1. The second-order valence-electron chi connectivity index (χ2n) is 6.88. The van der Waals surface area contributed by atoms with Crippen molar-refractivity contribution in [1.29, 1.82) is 0 Å². The highest BCUT2D eigenvalue weighted by atomic mass is 32.2. The van der Waals surface area contributed by atoms with Gasteiger partial charge in [0.2, 0.25) is 6.10 Å². The fraction of sp³-hybridized carbons (Fsp3) is 0.333. The fourth-order valence-corrected chi connectivity index (χ4v) is 3.81. The molecule has 0 aromatic heterocycles. The van der Waals surface area contributed by atoms with Crippen LogP contribution >= 0.6 is 0 Å². The molecule has 0 spiro atoms. The third-order valence-corrected chi connectivity index (χ3v) is 5.87. The number of hydrogen-bond acceptors (Lipinski definition) is 5. The highest BCUT2D eigenvalue weighted by molar-refractivity contribution is 7.90. The third kappa shape index (κ3) is 4.78. The molecule has 0 aliphatic carbocycles. The van der Waals surface area contributed by atoms with Crippen LogP contribution in [0.2, 0.25) is 0 Å². The van der Waals surface area contributed by atoms with Crippen molar-refractivity contribution < 1.29 is 22.7 Å². The monoisotopic (exact) mass is 401 g/mol. The van der Waals surface area contributed by atoms with E-state index >= 15 is 0 Å². The number of carbonyl (C=O) groups is 2.